The van der Waals surface area contributed by atoms with Gasteiger partial charge in [0.1, 0.15) is 5.76 Å². The molecule has 0 fully saturated rings. The molecule has 0 aliphatic rings. The van der Waals surface area contributed by atoms with Gasteiger partial charge < -0.3 is 4.42 Å². The summed E-state index contributed by atoms with van der Waals surface area (Å²) in [5.41, 5.74) is -1.05. The third kappa shape index (κ3) is 2.16. The summed E-state index contributed by atoms with van der Waals surface area (Å²) in [5, 5.41) is 8.63. The molecular weight excluding hydrogens is 231 g/mol. The SMILES string of the molecule is N#Cc1ccc(-c2ccco2)cc1C(F)(F)F. The molecule has 2 aromatic rings. The molecule has 86 valence electrons. The van der Waals surface area contributed by atoms with Gasteiger partial charge in [0.25, 0.3) is 0 Å². The molecule has 0 atom stereocenters. The fourth-order valence-corrected chi connectivity index (χ4v) is 1.47. The molecule has 2 nitrogen and oxygen atoms in total. The third-order valence-corrected chi connectivity index (χ3v) is 2.25. The number of benzene rings is 1. The standard InChI is InChI=1S/C12H6F3NO/c13-12(14,15)10-6-8(3-4-9(10)7-16)11-2-1-5-17-11/h1-6H. The van der Waals surface area contributed by atoms with Crippen molar-refractivity contribution in [2.24, 2.45) is 0 Å². The molecule has 0 N–H and O–H groups in total. The second kappa shape index (κ2) is 3.98. The normalized spacial score (nSPS) is 11.2. The summed E-state index contributed by atoms with van der Waals surface area (Å²) < 4.78 is 43.0. The lowest BCUT2D eigenvalue weighted by atomic mass is 10.0. The van der Waals surface area contributed by atoms with E-state index in [9.17, 15) is 13.2 Å². The van der Waals surface area contributed by atoms with E-state index >= 15 is 0 Å². The molecule has 5 heteroatoms. The highest BCUT2D eigenvalue weighted by molar-refractivity contribution is 5.61. The average molecular weight is 237 g/mol. The zero-order valence-corrected chi connectivity index (χ0v) is 8.45. The van der Waals surface area contributed by atoms with Gasteiger partial charge in [0, 0.05) is 5.56 Å². The van der Waals surface area contributed by atoms with Gasteiger partial charge in [-0.25, -0.2) is 0 Å². The first-order chi connectivity index (χ1) is 8.02. The van der Waals surface area contributed by atoms with Crippen LogP contribution in [0.5, 0.6) is 0 Å². The van der Waals surface area contributed by atoms with Gasteiger partial charge in [0.15, 0.2) is 0 Å². The quantitative estimate of drug-likeness (QED) is 0.755. The molecule has 0 saturated heterocycles. The van der Waals surface area contributed by atoms with Crippen molar-refractivity contribution in [3.05, 3.63) is 47.7 Å². The zero-order valence-electron chi connectivity index (χ0n) is 8.45. The molecule has 0 aliphatic heterocycles. The van der Waals surface area contributed by atoms with Crippen LogP contribution in [0.15, 0.2) is 41.0 Å². The molecule has 17 heavy (non-hydrogen) atoms. The van der Waals surface area contributed by atoms with Gasteiger partial charge in [-0.2, -0.15) is 18.4 Å². The van der Waals surface area contributed by atoms with Crippen LogP contribution in [0.3, 0.4) is 0 Å². The molecule has 1 aromatic carbocycles. The van der Waals surface area contributed by atoms with E-state index in [1.807, 2.05) is 0 Å². The largest absolute Gasteiger partial charge is 0.464 e. The van der Waals surface area contributed by atoms with Gasteiger partial charge in [-0.3, -0.25) is 0 Å². The molecule has 0 saturated carbocycles. The summed E-state index contributed by atoms with van der Waals surface area (Å²) in [7, 11) is 0. The lowest BCUT2D eigenvalue weighted by Crippen LogP contribution is -2.07. The van der Waals surface area contributed by atoms with Crippen LogP contribution in [0, 0.1) is 11.3 Å². The van der Waals surface area contributed by atoms with Crippen LogP contribution < -0.4 is 0 Å². The van der Waals surface area contributed by atoms with E-state index in [1.54, 1.807) is 12.1 Å². The van der Waals surface area contributed by atoms with Crippen LogP contribution >= 0.6 is 0 Å². The minimum Gasteiger partial charge on any atom is -0.464 e. The molecule has 1 heterocycles. The van der Waals surface area contributed by atoms with Crippen LogP contribution in [-0.4, -0.2) is 0 Å². The number of hydrogen-bond donors (Lipinski definition) is 0. The maximum Gasteiger partial charge on any atom is 0.417 e. The highest BCUT2D eigenvalue weighted by atomic mass is 19.4. The minimum atomic E-state index is -4.55. The summed E-state index contributed by atoms with van der Waals surface area (Å²) >= 11 is 0. The summed E-state index contributed by atoms with van der Waals surface area (Å²) in [6.07, 6.45) is -3.17. The molecular formula is C12H6F3NO. The number of furan rings is 1. The molecule has 0 unspecified atom stereocenters. The Kier molecular flexibility index (Phi) is 2.64. The summed E-state index contributed by atoms with van der Waals surface area (Å²) in [6.45, 7) is 0. The predicted octanol–water partition coefficient (Wildman–Crippen LogP) is 3.84. The highest BCUT2D eigenvalue weighted by Crippen LogP contribution is 2.34. The average Bonchev–Trinajstić information content (AvgIpc) is 2.80. The predicted molar refractivity (Wildman–Crippen MR) is 53.9 cm³/mol. The molecule has 0 spiro atoms. The Morgan fingerprint density at radius 1 is 1.18 bits per heavy atom. The number of halogens is 3. The van der Waals surface area contributed by atoms with Gasteiger partial charge in [-0.05, 0) is 30.3 Å². The van der Waals surface area contributed by atoms with Crippen molar-refractivity contribution in [1.82, 2.24) is 0 Å². The zero-order chi connectivity index (χ0) is 12.5. The second-order valence-corrected chi connectivity index (χ2v) is 3.35. The molecule has 2 rings (SSSR count). The van der Waals surface area contributed by atoms with Crippen molar-refractivity contribution in [3.8, 4) is 17.4 Å². The lowest BCUT2D eigenvalue weighted by molar-refractivity contribution is -0.137. The van der Waals surface area contributed by atoms with Gasteiger partial charge in [-0.1, -0.05) is 0 Å². The monoisotopic (exact) mass is 237 g/mol. The Bertz CT molecular complexity index is 564. The smallest absolute Gasteiger partial charge is 0.417 e. The molecule has 0 bridgehead atoms. The Labute approximate surface area is 94.9 Å². The number of nitrogens with zero attached hydrogens (tertiary/aromatic N) is 1. The number of nitriles is 1. The van der Waals surface area contributed by atoms with Crippen LogP contribution in [0.2, 0.25) is 0 Å². The third-order valence-electron chi connectivity index (χ3n) is 2.25. The van der Waals surface area contributed by atoms with Gasteiger partial charge >= 0.3 is 6.18 Å². The van der Waals surface area contributed by atoms with E-state index in [0.29, 0.717) is 11.3 Å². The van der Waals surface area contributed by atoms with E-state index in [1.165, 1.54) is 18.4 Å². The first-order valence-corrected chi connectivity index (χ1v) is 4.67. The van der Waals surface area contributed by atoms with Crippen molar-refractivity contribution in [2.45, 2.75) is 6.18 Å². The minimum absolute atomic E-state index is 0.293. The Hall–Kier alpha value is -2.22. The van der Waals surface area contributed by atoms with Crippen LogP contribution in [0.25, 0.3) is 11.3 Å². The number of alkyl halides is 3. The summed E-state index contributed by atoms with van der Waals surface area (Å²) in [5.74, 6) is 0.333. The number of hydrogen-bond acceptors (Lipinski definition) is 2. The maximum absolute atomic E-state index is 12.7. The van der Waals surface area contributed by atoms with E-state index in [-0.39, 0.29) is 0 Å². The molecule has 0 amide bonds. The number of rotatable bonds is 1. The fraction of sp³-hybridized carbons (Fsp3) is 0.0833. The highest BCUT2D eigenvalue weighted by Gasteiger charge is 2.34. The van der Waals surface area contributed by atoms with Crippen molar-refractivity contribution in [3.63, 3.8) is 0 Å². The van der Waals surface area contributed by atoms with Gasteiger partial charge in [0.2, 0.25) is 0 Å². The van der Waals surface area contributed by atoms with Crippen LogP contribution in [0.4, 0.5) is 13.2 Å². The molecule has 0 aliphatic carbocycles. The van der Waals surface area contributed by atoms with Crippen molar-refractivity contribution < 1.29 is 17.6 Å². The summed E-state index contributed by atoms with van der Waals surface area (Å²) in [4.78, 5) is 0. The lowest BCUT2D eigenvalue weighted by Gasteiger charge is -2.09. The maximum atomic E-state index is 12.7. The fourth-order valence-electron chi connectivity index (χ4n) is 1.47. The first-order valence-electron chi connectivity index (χ1n) is 4.67. The Morgan fingerprint density at radius 2 is 1.94 bits per heavy atom. The van der Waals surface area contributed by atoms with Crippen LogP contribution in [-0.2, 0) is 6.18 Å². The second-order valence-electron chi connectivity index (χ2n) is 3.35. The van der Waals surface area contributed by atoms with Crippen LogP contribution in [0.1, 0.15) is 11.1 Å². The van der Waals surface area contributed by atoms with E-state index < -0.39 is 17.3 Å². The molecule has 0 radical (unpaired) electrons. The first kappa shape index (κ1) is 11.3. The van der Waals surface area contributed by atoms with E-state index in [0.717, 1.165) is 12.1 Å². The van der Waals surface area contributed by atoms with Gasteiger partial charge in [0.05, 0.1) is 23.5 Å². The Balaban J connectivity index is 2.58. The van der Waals surface area contributed by atoms with Crippen molar-refractivity contribution in [2.75, 3.05) is 0 Å². The molecule has 1 aromatic heterocycles. The topological polar surface area (TPSA) is 36.9 Å². The summed E-state index contributed by atoms with van der Waals surface area (Å²) in [6, 6.07) is 8.14. The van der Waals surface area contributed by atoms with E-state index in [2.05, 4.69) is 0 Å². The van der Waals surface area contributed by atoms with Crippen molar-refractivity contribution >= 4 is 0 Å². The van der Waals surface area contributed by atoms with Gasteiger partial charge in [-0.15, -0.1) is 0 Å². The Morgan fingerprint density at radius 3 is 2.47 bits per heavy atom. The van der Waals surface area contributed by atoms with E-state index in [4.69, 9.17) is 9.68 Å². The van der Waals surface area contributed by atoms with Crippen molar-refractivity contribution in [1.29, 1.82) is 5.26 Å².